The smallest absolute Gasteiger partial charge is 0.323 e. The van der Waals surface area contributed by atoms with Crippen LogP contribution in [-0.2, 0) is 7.05 Å². The first-order chi connectivity index (χ1) is 16.6. The fraction of sp³-hybridized carbons (Fsp3) is 0.300. The van der Waals surface area contributed by atoms with Gasteiger partial charge in [-0.05, 0) is 18.6 Å². The second-order valence-corrected chi connectivity index (χ2v) is 6.95. The number of hydrogen-bond donors (Lipinski definition) is 3. The number of carbonyl (C=O) groups is 2. The molecule has 12 nitrogen and oxygen atoms in total. The van der Waals surface area contributed by atoms with Gasteiger partial charge in [-0.3, -0.25) is 10.1 Å². The number of aromatic nitrogens is 5. The van der Waals surface area contributed by atoms with Crippen molar-refractivity contribution >= 4 is 29.1 Å². The van der Waals surface area contributed by atoms with Gasteiger partial charge >= 0.3 is 6.03 Å². The standard InChI is InChI=1S/C20H23N9O3/c1-21-19(30)17-14(10-16(25-26-17)24-20(31)29-8-5-9-29)23-13-7-4-6-12(18(13)32-3)15-11-22-28(2)27-15/h4,6-7,10-11H,5,8-9H2,1-3H3,(H,21,30)(H2,23,24,25,31)/i1D3. The summed E-state index contributed by atoms with van der Waals surface area (Å²) in [5, 5.41) is 23.7. The molecule has 3 aromatic rings. The van der Waals surface area contributed by atoms with Crippen LogP contribution in [0.25, 0.3) is 11.3 Å². The fourth-order valence-electron chi connectivity index (χ4n) is 3.15. The van der Waals surface area contributed by atoms with Gasteiger partial charge in [0, 0.05) is 42.9 Å². The quantitative estimate of drug-likeness (QED) is 0.525. The lowest BCUT2D eigenvalue weighted by Gasteiger charge is -2.30. The molecule has 3 amide bonds. The van der Waals surface area contributed by atoms with Crippen molar-refractivity contribution in [3.8, 4) is 17.0 Å². The van der Waals surface area contributed by atoms with E-state index in [9.17, 15) is 9.59 Å². The summed E-state index contributed by atoms with van der Waals surface area (Å²) in [6, 6.07) is 6.28. The molecule has 3 heterocycles. The highest BCUT2D eigenvalue weighted by atomic mass is 16.5. The van der Waals surface area contributed by atoms with Gasteiger partial charge in [-0.1, -0.05) is 6.07 Å². The summed E-state index contributed by atoms with van der Waals surface area (Å²) < 4.78 is 27.6. The van der Waals surface area contributed by atoms with Gasteiger partial charge < -0.3 is 20.3 Å². The molecule has 0 saturated carbocycles. The SMILES string of the molecule is [2H]C([2H])([2H])NC(=O)c1nnc(NC(=O)N2CCC2)cc1Nc1cccc(-c2cnn(C)n2)c1OC. The van der Waals surface area contributed by atoms with Crippen molar-refractivity contribution < 1.29 is 18.4 Å². The second kappa shape index (κ2) is 8.88. The number of rotatable bonds is 6. The zero-order valence-corrected chi connectivity index (χ0v) is 17.4. The summed E-state index contributed by atoms with van der Waals surface area (Å²) in [7, 11) is 3.17. The molecule has 0 atom stereocenters. The summed E-state index contributed by atoms with van der Waals surface area (Å²) in [5.74, 6) is -0.485. The minimum atomic E-state index is -2.73. The molecule has 1 fully saturated rings. The normalized spacial score (nSPS) is 14.4. The van der Waals surface area contributed by atoms with Gasteiger partial charge in [-0.15, -0.1) is 10.2 Å². The van der Waals surface area contributed by atoms with Crippen LogP contribution >= 0.6 is 0 Å². The van der Waals surface area contributed by atoms with Crippen molar-refractivity contribution in [1.82, 2.24) is 35.4 Å². The van der Waals surface area contributed by atoms with Crippen molar-refractivity contribution in [2.75, 3.05) is 37.8 Å². The number of nitrogens with zero attached hydrogens (tertiary/aromatic N) is 6. The predicted molar refractivity (Wildman–Crippen MR) is 117 cm³/mol. The Bertz CT molecular complexity index is 1260. The van der Waals surface area contributed by atoms with Crippen molar-refractivity contribution in [3.63, 3.8) is 0 Å². The summed E-state index contributed by atoms with van der Waals surface area (Å²) >= 11 is 0. The zero-order valence-electron chi connectivity index (χ0n) is 20.4. The Balaban J connectivity index is 1.71. The molecule has 166 valence electrons. The van der Waals surface area contributed by atoms with Crippen LogP contribution in [0.1, 0.15) is 21.0 Å². The molecular formula is C20H23N9O3. The summed E-state index contributed by atoms with van der Waals surface area (Å²) in [5.41, 5.74) is 1.45. The number of ether oxygens (including phenoxy) is 1. The lowest BCUT2D eigenvalue weighted by atomic mass is 10.1. The third-order valence-corrected chi connectivity index (χ3v) is 4.86. The monoisotopic (exact) mass is 440 g/mol. The van der Waals surface area contributed by atoms with Gasteiger partial charge in [-0.25, -0.2) is 4.79 Å². The number of hydrogen-bond acceptors (Lipinski definition) is 8. The maximum Gasteiger partial charge on any atom is 0.323 e. The average molecular weight is 440 g/mol. The zero-order chi connectivity index (χ0) is 25.2. The Hall–Kier alpha value is -4.22. The van der Waals surface area contributed by atoms with Gasteiger partial charge in [0.15, 0.2) is 17.3 Å². The maximum atomic E-state index is 12.7. The van der Waals surface area contributed by atoms with E-state index < -0.39 is 12.9 Å². The molecule has 1 saturated heterocycles. The minimum Gasteiger partial charge on any atom is -0.494 e. The van der Waals surface area contributed by atoms with E-state index in [2.05, 4.69) is 31.0 Å². The number of carbonyl (C=O) groups excluding carboxylic acids is 2. The molecular weight excluding hydrogens is 414 g/mol. The van der Waals surface area contributed by atoms with Gasteiger partial charge in [0.1, 0.15) is 5.69 Å². The van der Waals surface area contributed by atoms with Crippen LogP contribution in [0.15, 0.2) is 30.5 Å². The highest BCUT2D eigenvalue weighted by Gasteiger charge is 2.22. The first-order valence-corrected chi connectivity index (χ1v) is 9.71. The molecule has 32 heavy (non-hydrogen) atoms. The van der Waals surface area contributed by atoms with Crippen molar-refractivity contribution in [2.45, 2.75) is 6.42 Å². The molecule has 0 radical (unpaired) electrons. The van der Waals surface area contributed by atoms with E-state index in [0.717, 1.165) is 6.42 Å². The van der Waals surface area contributed by atoms with Crippen LogP contribution in [0.2, 0.25) is 0 Å². The molecule has 0 aliphatic carbocycles. The number of anilines is 3. The molecule has 1 aliphatic heterocycles. The topological polar surface area (TPSA) is 139 Å². The van der Waals surface area contributed by atoms with Crippen LogP contribution in [0.3, 0.4) is 0 Å². The maximum absolute atomic E-state index is 12.7. The number of nitrogens with one attached hydrogen (secondary N) is 3. The van der Waals surface area contributed by atoms with E-state index in [1.54, 1.807) is 36.3 Å². The Morgan fingerprint density at radius 2 is 2.06 bits per heavy atom. The molecule has 4 rings (SSSR count). The number of benzene rings is 1. The fourth-order valence-corrected chi connectivity index (χ4v) is 3.15. The highest BCUT2D eigenvalue weighted by molar-refractivity contribution is 5.99. The lowest BCUT2D eigenvalue weighted by molar-refractivity contribution is 0.0958. The number of para-hydroxylation sites is 1. The van der Waals surface area contributed by atoms with Crippen LogP contribution in [0.4, 0.5) is 22.0 Å². The van der Waals surface area contributed by atoms with E-state index in [4.69, 9.17) is 8.85 Å². The van der Waals surface area contributed by atoms with E-state index in [-0.39, 0.29) is 23.2 Å². The number of methoxy groups -OCH3 is 1. The van der Waals surface area contributed by atoms with Gasteiger partial charge in [0.05, 0.1) is 24.7 Å². The molecule has 3 N–H and O–H groups in total. The first-order valence-electron chi connectivity index (χ1n) is 11.2. The van der Waals surface area contributed by atoms with E-state index in [1.807, 2.05) is 5.32 Å². The van der Waals surface area contributed by atoms with Gasteiger partial charge in [0.2, 0.25) is 0 Å². The summed E-state index contributed by atoms with van der Waals surface area (Å²) in [6.45, 7) is -1.46. The summed E-state index contributed by atoms with van der Waals surface area (Å²) in [6.07, 6.45) is 2.50. The van der Waals surface area contributed by atoms with Gasteiger partial charge in [-0.2, -0.15) is 15.0 Å². The number of aryl methyl sites for hydroxylation is 1. The van der Waals surface area contributed by atoms with Gasteiger partial charge in [0.25, 0.3) is 5.91 Å². The average Bonchev–Trinajstić information content (AvgIpc) is 3.17. The summed E-state index contributed by atoms with van der Waals surface area (Å²) in [4.78, 5) is 28.0. The van der Waals surface area contributed by atoms with Crippen molar-refractivity contribution in [1.29, 1.82) is 0 Å². The highest BCUT2D eigenvalue weighted by Crippen LogP contribution is 2.37. The van der Waals surface area contributed by atoms with Crippen LogP contribution in [-0.4, -0.2) is 69.2 Å². The first kappa shape index (κ1) is 17.5. The van der Waals surface area contributed by atoms with E-state index in [1.165, 1.54) is 18.0 Å². The molecule has 0 bridgehead atoms. The van der Waals surface area contributed by atoms with Crippen molar-refractivity contribution in [3.05, 3.63) is 36.2 Å². The van der Waals surface area contributed by atoms with Crippen LogP contribution < -0.4 is 20.7 Å². The van der Waals surface area contributed by atoms with Crippen LogP contribution in [0, 0.1) is 0 Å². The molecule has 1 aliphatic rings. The molecule has 1 aromatic carbocycles. The number of amides is 3. The lowest BCUT2D eigenvalue weighted by Crippen LogP contribution is -2.44. The molecule has 12 heteroatoms. The number of urea groups is 1. The molecule has 2 aromatic heterocycles. The predicted octanol–water partition coefficient (Wildman–Crippen LogP) is 1.62. The van der Waals surface area contributed by atoms with E-state index >= 15 is 0 Å². The minimum absolute atomic E-state index is 0.0823. The molecule has 0 spiro atoms. The van der Waals surface area contributed by atoms with Crippen molar-refractivity contribution in [2.24, 2.45) is 7.05 Å². The largest absolute Gasteiger partial charge is 0.494 e. The number of likely N-dealkylation sites (tertiary alicyclic amines) is 1. The third kappa shape index (κ3) is 4.15. The van der Waals surface area contributed by atoms with Crippen LogP contribution in [0.5, 0.6) is 5.75 Å². The Kier molecular flexibility index (Phi) is 4.84. The Morgan fingerprint density at radius 3 is 2.72 bits per heavy atom. The Morgan fingerprint density at radius 1 is 1.22 bits per heavy atom. The van der Waals surface area contributed by atoms with E-state index in [0.29, 0.717) is 35.8 Å². The molecule has 0 unspecified atom stereocenters. The third-order valence-electron chi connectivity index (χ3n) is 4.86. The Labute approximate surface area is 188 Å². The second-order valence-electron chi connectivity index (χ2n) is 6.95.